The first kappa shape index (κ1) is 11.9. The molecular formula is C14H20FN3. The minimum Gasteiger partial charge on any atom is -0.369 e. The number of nitrogens with zero attached hydrogens (tertiary/aromatic N) is 2. The second-order valence-electron chi connectivity index (χ2n) is 5.30. The molecule has 2 heterocycles. The molecule has 3 nitrogen and oxygen atoms in total. The summed E-state index contributed by atoms with van der Waals surface area (Å²) in [5, 5.41) is 0. The van der Waals surface area contributed by atoms with Crippen LogP contribution in [0.2, 0.25) is 0 Å². The van der Waals surface area contributed by atoms with Gasteiger partial charge in [0.2, 0.25) is 0 Å². The van der Waals surface area contributed by atoms with E-state index in [0.29, 0.717) is 12.6 Å². The second kappa shape index (κ2) is 4.86. The predicted octanol–water partition coefficient (Wildman–Crippen LogP) is 1.57. The van der Waals surface area contributed by atoms with Crippen molar-refractivity contribution >= 4 is 5.69 Å². The molecule has 18 heavy (non-hydrogen) atoms. The Labute approximate surface area is 107 Å². The molecule has 2 aliphatic heterocycles. The third kappa shape index (κ3) is 2.22. The number of hydrogen-bond donors (Lipinski definition) is 1. The molecule has 0 amide bonds. The minimum atomic E-state index is -0.179. The molecule has 2 fully saturated rings. The summed E-state index contributed by atoms with van der Waals surface area (Å²) >= 11 is 0. The SMILES string of the molecule is NCc1cc(F)cc(N2CCN3CCCC3C2)c1. The van der Waals surface area contributed by atoms with Gasteiger partial charge in [0.15, 0.2) is 0 Å². The van der Waals surface area contributed by atoms with Crippen LogP contribution in [0.5, 0.6) is 0 Å². The number of halogens is 1. The Morgan fingerprint density at radius 3 is 2.94 bits per heavy atom. The number of hydrogen-bond acceptors (Lipinski definition) is 3. The van der Waals surface area contributed by atoms with Crippen LogP contribution in [0.25, 0.3) is 0 Å². The Hall–Kier alpha value is -1.13. The lowest BCUT2D eigenvalue weighted by Gasteiger charge is -2.39. The Bertz CT molecular complexity index is 435. The van der Waals surface area contributed by atoms with Crippen LogP contribution in [0.3, 0.4) is 0 Å². The van der Waals surface area contributed by atoms with E-state index in [4.69, 9.17) is 5.73 Å². The fourth-order valence-electron chi connectivity index (χ4n) is 3.16. The molecule has 0 saturated carbocycles. The maximum atomic E-state index is 13.5. The van der Waals surface area contributed by atoms with Gasteiger partial charge in [-0.05, 0) is 43.1 Å². The molecule has 2 saturated heterocycles. The molecule has 4 heteroatoms. The number of anilines is 1. The Balaban J connectivity index is 1.80. The summed E-state index contributed by atoms with van der Waals surface area (Å²) in [6, 6.07) is 5.83. The molecule has 0 aliphatic carbocycles. The van der Waals surface area contributed by atoms with E-state index in [0.717, 1.165) is 30.9 Å². The standard InChI is InChI=1S/C14H20FN3/c15-12-6-11(9-16)7-14(8-12)18-5-4-17-3-1-2-13(17)10-18/h6-8,13H,1-5,9-10,16H2. The van der Waals surface area contributed by atoms with Gasteiger partial charge in [0.1, 0.15) is 5.82 Å². The second-order valence-corrected chi connectivity index (χ2v) is 5.30. The fourth-order valence-corrected chi connectivity index (χ4v) is 3.16. The summed E-state index contributed by atoms with van der Waals surface area (Å²) in [4.78, 5) is 4.86. The zero-order valence-electron chi connectivity index (χ0n) is 10.6. The topological polar surface area (TPSA) is 32.5 Å². The highest BCUT2D eigenvalue weighted by molar-refractivity contribution is 5.50. The van der Waals surface area contributed by atoms with Crippen molar-refractivity contribution in [1.82, 2.24) is 4.90 Å². The van der Waals surface area contributed by atoms with Gasteiger partial charge in [-0.2, -0.15) is 0 Å². The van der Waals surface area contributed by atoms with Gasteiger partial charge >= 0.3 is 0 Å². The van der Waals surface area contributed by atoms with E-state index in [1.165, 1.54) is 25.5 Å². The maximum Gasteiger partial charge on any atom is 0.125 e. The summed E-state index contributed by atoms with van der Waals surface area (Å²) in [7, 11) is 0. The van der Waals surface area contributed by atoms with Crippen molar-refractivity contribution in [2.24, 2.45) is 5.73 Å². The molecule has 1 atom stereocenters. The van der Waals surface area contributed by atoms with Gasteiger partial charge in [0.05, 0.1) is 0 Å². The normalized spacial score (nSPS) is 24.3. The highest BCUT2D eigenvalue weighted by Crippen LogP contribution is 2.26. The third-order valence-electron chi connectivity index (χ3n) is 4.13. The molecule has 1 aromatic rings. The first-order valence-electron chi connectivity index (χ1n) is 6.75. The van der Waals surface area contributed by atoms with Gasteiger partial charge in [-0.3, -0.25) is 4.90 Å². The zero-order valence-corrected chi connectivity index (χ0v) is 10.6. The summed E-state index contributed by atoms with van der Waals surface area (Å²) in [5.41, 5.74) is 7.47. The number of rotatable bonds is 2. The average molecular weight is 249 g/mol. The van der Waals surface area contributed by atoms with E-state index in [9.17, 15) is 4.39 Å². The largest absolute Gasteiger partial charge is 0.369 e. The predicted molar refractivity (Wildman–Crippen MR) is 71.1 cm³/mol. The average Bonchev–Trinajstić information content (AvgIpc) is 2.85. The lowest BCUT2D eigenvalue weighted by molar-refractivity contribution is 0.231. The maximum absolute atomic E-state index is 13.5. The molecule has 98 valence electrons. The van der Waals surface area contributed by atoms with Crippen molar-refractivity contribution in [3.05, 3.63) is 29.6 Å². The molecule has 1 aromatic carbocycles. The van der Waals surface area contributed by atoms with E-state index >= 15 is 0 Å². The van der Waals surface area contributed by atoms with Crippen LogP contribution in [0.4, 0.5) is 10.1 Å². The van der Waals surface area contributed by atoms with E-state index in [-0.39, 0.29) is 5.82 Å². The van der Waals surface area contributed by atoms with E-state index in [1.807, 2.05) is 6.07 Å². The van der Waals surface area contributed by atoms with Crippen molar-refractivity contribution in [3.8, 4) is 0 Å². The minimum absolute atomic E-state index is 0.179. The molecule has 0 aromatic heterocycles. The van der Waals surface area contributed by atoms with Crippen LogP contribution in [-0.2, 0) is 6.54 Å². The van der Waals surface area contributed by atoms with Crippen LogP contribution in [0.15, 0.2) is 18.2 Å². The van der Waals surface area contributed by atoms with Crippen LogP contribution in [0.1, 0.15) is 18.4 Å². The molecule has 2 N–H and O–H groups in total. The van der Waals surface area contributed by atoms with Crippen molar-refractivity contribution in [2.75, 3.05) is 31.1 Å². The number of fused-ring (bicyclic) bond motifs is 1. The van der Waals surface area contributed by atoms with Crippen LogP contribution in [0, 0.1) is 5.82 Å². The van der Waals surface area contributed by atoms with Gasteiger partial charge in [-0.25, -0.2) is 4.39 Å². The number of nitrogens with two attached hydrogens (primary N) is 1. The number of piperazine rings is 1. The van der Waals surface area contributed by atoms with Crippen molar-refractivity contribution in [2.45, 2.75) is 25.4 Å². The van der Waals surface area contributed by atoms with E-state index < -0.39 is 0 Å². The molecule has 0 spiro atoms. The summed E-state index contributed by atoms with van der Waals surface area (Å²) in [6.45, 7) is 4.74. The Morgan fingerprint density at radius 1 is 1.22 bits per heavy atom. The van der Waals surface area contributed by atoms with Crippen LogP contribution < -0.4 is 10.6 Å². The monoisotopic (exact) mass is 249 g/mol. The summed E-state index contributed by atoms with van der Waals surface area (Å²) in [5.74, 6) is -0.179. The Morgan fingerprint density at radius 2 is 2.11 bits per heavy atom. The van der Waals surface area contributed by atoms with E-state index in [1.54, 1.807) is 6.07 Å². The fraction of sp³-hybridized carbons (Fsp3) is 0.571. The molecule has 2 aliphatic rings. The van der Waals surface area contributed by atoms with Gasteiger partial charge < -0.3 is 10.6 Å². The van der Waals surface area contributed by atoms with Crippen LogP contribution >= 0.6 is 0 Å². The van der Waals surface area contributed by atoms with Crippen LogP contribution in [-0.4, -0.2) is 37.1 Å². The first-order chi connectivity index (χ1) is 8.76. The van der Waals surface area contributed by atoms with Gasteiger partial charge in [0.25, 0.3) is 0 Å². The van der Waals surface area contributed by atoms with Crippen molar-refractivity contribution in [3.63, 3.8) is 0 Å². The highest BCUT2D eigenvalue weighted by atomic mass is 19.1. The Kier molecular flexibility index (Phi) is 3.22. The summed E-state index contributed by atoms with van der Waals surface area (Å²) in [6.07, 6.45) is 2.57. The van der Waals surface area contributed by atoms with Gasteiger partial charge in [0, 0.05) is 37.9 Å². The molecule has 0 radical (unpaired) electrons. The quantitative estimate of drug-likeness (QED) is 0.863. The molecule has 0 bridgehead atoms. The summed E-state index contributed by atoms with van der Waals surface area (Å²) < 4.78 is 13.5. The lowest BCUT2D eigenvalue weighted by atomic mass is 10.1. The lowest BCUT2D eigenvalue weighted by Crippen LogP contribution is -2.50. The molecular weight excluding hydrogens is 229 g/mol. The van der Waals surface area contributed by atoms with Crippen molar-refractivity contribution < 1.29 is 4.39 Å². The highest BCUT2D eigenvalue weighted by Gasteiger charge is 2.30. The first-order valence-corrected chi connectivity index (χ1v) is 6.75. The zero-order chi connectivity index (χ0) is 12.5. The smallest absolute Gasteiger partial charge is 0.125 e. The van der Waals surface area contributed by atoms with Gasteiger partial charge in [-0.15, -0.1) is 0 Å². The third-order valence-corrected chi connectivity index (χ3v) is 4.13. The molecule has 3 rings (SSSR count). The molecule has 1 unspecified atom stereocenters. The van der Waals surface area contributed by atoms with Crippen molar-refractivity contribution in [1.29, 1.82) is 0 Å². The van der Waals surface area contributed by atoms with E-state index in [2.05, 4.69) is 9.80 Å². The van der Waals surface area contributed by atoms with Gasteiger partial charge in [-0.1, -0.05) is 0 Å². The number of benzene rings is 1.